The van der Waals surface area contributed by atoms with Gasteiger partial charge in [0.2, 0.25) is 12.0 Å². The molecule has 1 aliphatic heterocycles. The zero-order chi connectivity index (χ0) is 21.0. The number of carbonyl (C=O) groups excluding carboxylic acids is 2. The molecule has 6 nitrogen and oxygen atoms in total. The lowest BCUT2D eigenvalue weighted by Gasteiger charge is -2.34. The zero-order valence-electron chi connectivity index (χ0n) is 17.4. The summed E-state index contributed by atoms with van der Waals surface area (Å²) in [5, 5.41) is 0. The number of hydrogen-bond acceptors (Lipinski definition) is 5. The summed E-state index contributed by atoms with van der Waals surface area (Å²) in [6.45, 7) is 5.37. The first-order chi connectivity index (χ1) is 13.9. The molecule has 0 aliphatic carbocycles. The molecule has 0 saturated carbocycles. The van der Waals surface area contributed by atoms with Crippen LogP contribution in [0.15, 0.2) is 48.5 Å². The number of nitrogens with zero attached hydrogens (tertiary/aromatic N) is 2. The molecule has 1 aliphatic rings. The van der Waals surface area contributed by atoms with Gasteiger partial charge in [-0.1, -0.05) is 50.2 Å². The van der Waals surface area contributed by atoms with Crippen molar-refractivity contribution in [1.29, 1.82) is 0 Å². The molecule has 0 radical (unpaired) electrons. The predicted octanol–water partition coefficient (Wildman–Crippen LogP) is 3.21. The van der Waals surface area contributed by atoms with Gasteiger partial charge in [0, 0.05) is 6.54 Å². The number of benzene rings is 2. The zero-order valence-corrected chi connectivity index (χ0v) is 17.4. The monoisotopic (exact) mass is 396 g/mol. The number of likely N-dealkylation sites (N-methyl/N-ethyl adjacent to an activating group) is 1. The Morgan fingerprint density at radius 1 is 1.17 bits per heavy atom. The molecule has 6 heteroatoms. The van der Waals surface area contributed by atoms with Crippen LogP contribution in [-0.2, 0) is 20.9 Å². The van der Waals surface area contributed by atoms with E-state index in [1.807, 2.05) is 30.1 Å². The lowest BCUT2D eigenvalue weighted by Crippen LogP contribution is -2.49. The second kappa shape index (κ2) is 9.09. The molecule has 0 spiro atoms. The Kier molecular flexibility index (Phi) is 6.54. The number of rotatable bonds is 6. The van der Waals surface area contributed by atoms with Crippen LogP contribution < -0.4 is 9.64 Å². The normalized spacial score (nSPS) is 15.8. The summed E-state index contributed by atoms with van der Waals surface area (Å²) in [7, 11) is 3.23. The second-order valence-corrected chi connectivity index (χ2v) is 7.67. The van der Waals surface area contributed by atoms with Gasteiger partial charge in [0.05, 0.1) is 25.9 Å². The van der Waals surface area contributed by atoms with E-state index < -0.39 is 12.1 Å². The highest BCUT2D eigenvalue weighted by Crippen LogP contribution is 2.33. The first-order valence-corrected chi connectivity index (χ1v) is 9.80. The van der Waals surface area contributed by atoms with Gasteiger partial charge in [-0.2, -0.15) is 0 Å². The third-order valence-corrected chi connectivity index (χ3v) is 5.04. The molecule has 3 rings (SSSR count). The number of fused-ring (bicyclic) bond motifs is 1. The van der Waals surface area contributed by atoms with Crippen LogP contribution in [0.1, 0.15) is 30.9 Å². The lowest BCUT2D eigenvalue weighted by atomic mass is 10.0. The van der Waals surface area contributed by atoms with Gasteiger partial charge in [-0.3, -0.25) is 9.69 Å². The summed E-state index contributed by atoms with van der Waals surface area (Å²) in [5.74, 6) is 0.425. The van der Waals surface area contributed by atoms with E-state index in [0.717, 1.165) is 5.56 Å². The van der Waals surface area contributed by atoms with Gasteiger partial charge < -0.3 is 14.4 Å². The van der Waals surface area contributed by atoms with Crippen LogP contribution in [0, 0.1) is 0 Å². The average Bonchev–Trinajstić information content (AvgIpc) is 2.72. The minimum atomic E-state index is -0.826. The number of ether oxygens (including phenoxy) is 2. The summed E-state index contributed by atoms with van der Waals surface area (Å²) in [5.41, 5.74) is 3.12. The maximum Gasteiger partial charge on any atom is 0.348 e. The quantitative estimate of drug-likeness (QED) is 0.702. The molecule has 0 bridgehead atoms. The predicted molar refractivity (Wildman–Crippen MR) is 112 cm³/mol. The summed E-state index contributed by atoms with van der Waals surface area (Å²) in [6, 6.07) is 15.7. The van der Waals surface area contributed by atoms with Gasteiger partial charge >= 0.3 is 5.97 Å². The van der Waals surface area contributed by atoms with E-state index in [2.05, 4.69) is 38.1 Å². The van der Waals surface area contributed by atoms with Crippen LogP contribution in [0.3, 0.4) is 0 Å². The van der Waals surface area contributed by atoms with Crippen LogP contribution in [0.4, 0.5) is 5.69 Å². The molecular formula is C23H28N2O4. The van der Waals surface area contributed by atoms with Crippen molar-refractivity contribution in [3.63, 3.8) is 0 Å². The van der Waals surface area contributed by atoms with Crippen molar-refractivity contribution in [2.45, 2.75) is 32.4 Å². The number of amides is 1. The molecule has 1 amide bonds. The number of methoxy groups -OCH3 is 1. The number of para-hydroxylation sites is 2. The minimum Gasteiger partial charge on any atom is -0.475 e. The summed E-state index contributed by atoms with van der Waals surface area (Å²) in [6.07, 6.45) is -0.826. The molecule has 1 heterocycles. The van der Waals surface area contributed by atoms with E-state index in [1.165, 1.54) is 12.7 Å². The fourth-order valence-electron chi connectivity index (χ4n) is 3.42. The average molecular weight is 396 g/mol. The molecule has 0 fully saturated rings. The molecule has 1 atom stereocenters. The minimum absolute atomic E-state index is 0.0871. The molecule has 2 aromatic carbocycles. The topological polar surface area (TPSA) is 59.1 Å². The molecule has 29 heavy (non-hydrogen) atoms. The lowest BCUT2D eigenvalue weighted by molar-refractivity contribution is -0.148. The SMILES string of the molecule is COC(=O)[C@H]1CN(C(=O)CN(C)Cc2ccc(C(C)C)cc2)c2ccccc2O1. The van der Waals surface area contributed by atoms with Crippen molar-refractivity contribution in [2.75, 3.05) is 32.1 Å². The van der Waals surface area contributed by atoms with Gasteiger partial charge in [-0.25, -0.2) is 4.79 Å². The van der Waals surface area contributed by atoms with Gasteiger partial charge in [-0.05, 0) is 36.2 Å². The Hall–Kier alpha value is -2.86. The van der Waals surface area contributed by atoms with Crippen molar-refractivity contribution in [1.82, 2.24) is 4.90 Å². The van der Waals surface area contributed by atoms with E-state index in [-0.39, 0.29) is 19.0 Å². The van der Waals surface area contributed by atoms with Crippen molar-refractivity contribution in [3.8, 4) is 5.75 Å². The maximum absolute atomic E-state index is 13.0. The number of carbonyl (C=O) groups is 2. The van der Waals surface area contributed by atoms with Crippen LogP contribution in [-0.4, -0.2) is 50.1 Å². The molecule has 0 aromatic heterocycles. The maximum atomic E-state index is 13.0. The van der Waals surface area contributed by atoms with E-state index in [9.17, 15) is 9.59 Å². The highest BCUT2D eigenvalue weighted by Gasteiger charge is 2.34. The molecule has 154 valence electrons. The standard InChI is InChI=1S/C23H28N2O4/c1-16(2)18-11-9-17(10-12-18)13-24(3)15-22(26)25-14-21(23(27)28-4)29-20-8-6-5-7-19(20)25/h5-12,16,21H,13-15H2,1-4H3/t21-/m1/s1. The highest BCUT2D eigenvalue weighted by molar-refractivity contribution is 5.98. The van der Waals surface area contributed by atoms with Crippen LogP contribution in [0.25, 0.3) is 0 Å². The molecular weight excluding hydrogens is 368 g/mol. The van der Waals surface area contributed by atoms with Crippen molar-refractivity contribution in [3.05, 3.63) is 59.7 Å². The van der Waals surface area contributed by atoms with Gasteiger partial charge in [0.1, 0.15) is 5.75 Å². The number of esters is 1. The van der Waals surface area contributed by atoms with Crippen molar-refractivity contribution >= 4 is 17.6 Å². The second-order valence-electron chi connectivity index (χ2n) is 7.67. The van der Waals surface area contributed by atoms with E-state index in [4.69, 9.17) is 9.47 Å². The molecule has 0 saturated heterocycles. The van der Waals surface area contributed by atoms with E-state index in [0.29, 0.717) is 23.9 Å². The number of hydrogen-bond donors (Lipinski definition) is 0. The summed E-state index contributed by atoms with van der Waals surface area (Å²) >= 11 is 0. The Balaban J connectivity index is 1.69. The first kappa shape index (κ1) is 20.9. The highest BCUT2D eigenvalue weighted by atomic mass is 16.6. The van der Waals surface area contributed by atoms with Crippen LogP contribution in [0.5, 0.6) is 5.75 Å². The molecule has 0 N–H and O–H groups in total. The first-order valence-electron chi connectivity index (χ1n) is 9.80. The van der Waals surface area contributed by atoms with Gasteiger partial charge in [0.25, 0.3) is 0 Å². The largest absolute Gasteiger partial charge is 0.475 e. The Morgan fingerprint density at radius 2 is 1.86 bits per heavy atom. The Morgan fingerprint density at radius 3 is 2.52 bits per heavy atom. The fourth-order valence-corrected chi connectivity index (χ4v) is 3.42. The van der Waals surface area contributed by atoms with Crippen LogP contribution >= 0.6 is 0 Å². The van der Waals surface area contributed by atoms with Gasteiger partial charge in [0.15, 0.2) is 0 Å². The van der Waals surface area contributed by atoms with Crippen molar-refractivity contribution in [2.24, 2.45) is 0 Å². The molecule has 2 aromatic rings. The Labute approximate surface area is 172 Å². The third kappa shape index (κ3) is 4.95. The smallest absolute Gasteiger partial charge is 0.348 e. The number of anilines is 1. The van der Waals surface area contributed by atoms with Gasteiger partial charge in [-0.15, -0.1) is 0 Å². The molecule has 0 unspecified atom stereocenters. The fraction of sp³-hybridized carbons (Fsp3) is 0.391. The van der Waals surface area contributed by atoms with Crippen LogP contribution in [0.2, 0.25) is 0 Å². The summed E-state index contributed by atoms with van der Waals surface area (Å²) < 4.78 is 10.5. The van der Waals surface area contributed by atoms with E-state index >= 15 is 0 Å². The van der Waals surface area contributed by atoms with E-state index in [1.54, 1.807) is 11.0 Å². The Bertz CT molecular complexity index is 863. The summed E-state index contributed by atoms with van der Waals surface area (Å²) in [4.78, 5) is 28.6. The van der Waals surface area contributed by atoms with Crippen molar-refractivity contribution < 1.29 is 19.1 Å². The third-order valence-electron chi connectivity index (χ3n) is 5.04.